The van der Waals surface area contributed by atoms with Crippen LogP contribution in [0.5, 0.6) is 0 Å². The SMILES string of the molecule is CCn1c(=O)c(=O)[nH]c2cc(C(=O)NC3CCNCC3C)ccc21.Cl. The maximum atomic E-state index is 12.5. The zero-order chi connectivity index (χ0) is 17.3. The van der Waals surface area contributed by atoms with E-state index in [9.17, 15) is 14.4 Å². The molecule has 3 rings (SSSR count). The molecular weight excluding hydrogens is 344 g/mol. The van der Waals surface area contributed by atoms with Crippen molar-refractivity contribution < 1.29 is 4.79 Å². The van der Waals surface area contributed by atoms with Crippen molar-refractivity contribution in [1.82, 2.24) is 20.2 Å². The molecule has 2 unspecified atom stereocenters. The first-order valence-corrected chi connectivity index (χ1v) is 8.29. The Bertz CT molecular complexity index is 890. The van der Waals surface area contributed by atoms with Crippen LogP contribution in [0.3, 0.4) is 0 Å². The summed E-state index contributed by atoms with van der Waals surface area (Å²) >= 11 is 0. The second-order valence-electron chi connectivity index (χ2n) is 6.29. The standard InChI is InChI=1S/C17H22N4O3.ClH/c1-3-21-14-5-4-11(8-13(14)20-16(23)17(21)24)15(22)19-12-6-7-18-9-10(12)2;/h4-5,8,10,12,18H,3,6-7,9H2,1-2H3,(H,19,22)(H,20,23);1H. The largest absolute Gasteiger partial charge is 0.349 e. The van der Waals surface area contributed by atoms with E-state index in [2.05, 4.69) is 22.5 Å². The average molecular weight is 367 g/mol. The van der Waals surface area contributed by atoms with Gasteiger partial charge in [0.15, 0.2) is 0 Å². The monoisotopic (exact) mass is 366 g/mol. The molecule has 1 aliphatic heterocycles. The van der Waals surface area contributed by atoms with Gasteiger partial charge in [-0.15, -0.1) is 12.4 Å². The van der Waals surface area contributed by atoms with Gasteiger partial charge in [-0.2, -0.15) is 0 Å². The normalized spacial score (nSPS) is 20.1. The van der Waals surface area contributed by atoms with Crippen LogP contribution in [0.15, 0.2) is 27.8 Å². The number of amides is 1. The molecule has 2 aromatic rings. The maximum absolute atomic E-state index is 12.5. The summed E-state index contributed by atoms with van der Waals surface area (Å²) in [6.07, 6.45) is 0.896. The molecule has 2 heterocycles. The van der Waals surface area contributed by atoms with E-state index in [0.29, 0.717) is 29.1 Å². The van der Waals surface area contributed by atoms with Crippen LogP contribution in [0.4, 0.5) is 0 Å². The molecule has 1 fully saturated rings. The number of hydrogen-bond donors (Lipinski definition) is 3. The van der Waals surface area contributed by atoms with Crippen molar-refractivity contribution in [3.63, 3.8) is 0 Å². The molecule has 0 spiro atoms. The van der Waals surface area contributed by atoms with E-state index in [0.717, 1.165) is 19.5 Å². The van der Waals surface area contributed by atoms with Gasteiger partial charge >= 0.3 is 11.1 Å². The Hall–Kier alpha value is -2.12. The number of benzene rings is 1. The summed E-state index contributed by atoms with van der Waals surface area (Å²) in [5.41, 5.74) is 0.339. The summed E-state index contributed by atoms with van der Waals surface area (Å²) in [5.74, 6) is 0.207. The van der Waals surface area contributed by atoms with Crippen molar-refractivity contribution in [1.29, 1.82) is 0 Å². The molecule has 136 valence electrons. The van der Waals surface area contributed by atoms with E-state index in [1.807, 2.05) is 0 Å². The molecule has 1 aromatic heterocycles. The van der Waals surface area contributed by atoms with E-state index < -0.39 is 11.1 Å². The van der Waals surface area contributed by atoms with Crippen LogP contribution in [0.25, 0.3) is 11.0 Å². The summed E-state index contributed by atoms with van der Waals surface area (Å²) in [7, 11) is 0. The molecule has 1 aliphatic rings. The Morgan fingerprint density at radius 2 is 2.12 bits per heavy atom. The third-order valence-electron chi connectivity index (χ3n) is 4.66. The minimum atomic E-state index is -0.672. The fourth-order valence-electron chi connectivity index (χ4n) is 3.21. The van der Waals surface area contributed by atoms with Crippen LogP contribution in [-0.4, -0.2) is 34.6 Å². The highest BCUT2D eigenvalue weighted by Gasteiger charge is 2.23. The summed E-state index contributed by atoms with van der Waals surface area (Å²) < 4.78 is 1.41. The molecule has 0 saturated carbocycles. The maximum Gasteiger partial charge on any atom is 0.316 e. The Morgan fingerprint density at radius 3 is 2.80 bits per heavy atom. The van der Waals surface area contributed by atoms with Crippen molar-refractivity contribution in [2.45, 2.75) is 32.9 Å². The number of nitrogens with zero attached hydrogens (tertiary/aromatic N) is 1. The molecule has 0 radical (unpaired) electrons. The third kappa shape index (κ3) is 3.77. The van der Waals surface area contributed by atoms with Crippen LogP contribution in [-0.2, 0) is 6.54 Å². The van der Waals surface area contributed by atoms with Crippen LogP contribution in [0.1, 0.15) is 30.6 Å². The molecule has 8 heteroatoms. The van der Waals surface area contributed by atoms with E-state index in [-0.39, 0.29) is 24.4 Å². The highest BCUT2D eigenvalue weighted by atomic mass is 35.5. The number of carbonyl (C=O) groups excluding carboxylic acids is 1. The number of piperidine rings is 1. The molecule has 1 saturated heterocycles. The van der Waals surface area contributed by atoms with Gasteiger partial charge in [-0.05, 0) is 50.6 Å². The van der Waals surface area contributed by atoms with Crippen molar-refractivity contribution in [3.05, 3.63) is 44.5 Å². The van der Waals surface area contributed by atoms with Gasteiger partial charge in [0.2, 0.25) is 0 Å². The fraction of sp³-hybridized carbons (Fsp3) is 0.471. The summed E-state index contributed by atoms with van der Waals surface area (Å²) in [6, 6.07) is 5.16. The van der Waals surface area contributed by atoms with E-state index in [1.165, 1.54) is 4.57 Å². The predicted molar refractivity (Wildman–Crippen MR) is 99.7 cm³/mol. The number of aromatic amines is 1. The molecule has 0 aliphatic carbocycles. The fourth-order valence-corrected chi connectivity index (χ4v) is 3.21. The van der Waals surface area contributed by atoms with Crippen LogP contribution in [0, 0.1) is 5.92 Å². The number of fused-ring (bicyclic) bond motifs is 1. The number of nitrogens with one attached hydrogen (secondary N) is 3. The number of H-pyrrole nitrogens is 1. The van der Waals surface area contributed by atoms with Crippen molar-refractivity contribution >= 4 is 29.3 Å². The minimum absolute atomic E-state index is 0. The van der Waals surface area contributed by atoms with Gasteiger partial charge in [-0.25, -0.2) is 0 Å². The van der Waals surface area contributed by atoms with Crippen LogP contribution < -0.4 is 21.8 Å². The quantitative estimate of drug-likeness (QED) is 0.702. The predicted octanol–water partition coefficient (Wildman–Crippen LogP) is 0.859. The first kappa shape index (κ1) is 19.2. The van der Waals surface area contributed by atoms with Gasteiger partial charge in [0.1, 0.15) is 0 Å². The van der Waals surface area contributed by atoms with Gasteiger partial charge in [-0.1, -0.05) is 6.92 Å². The third-order valence-corrected chi connectivity index (χ3v) is 4.66. The Labute approximate surface area is 151 Å². The number of aromatic nitrogens is 2. The zero-order valence-corrected chi connectivity index (χ0v) is 15.1. The van der Waals surface area contributed by atoms with Crippen LogP contribution in [0.2, 0.25) is 0 Å². The minimum Gasteiger partial charge on any atom is -0.349 e. The highest BCUT2D eigenvalue weighted by molar-refractivity contribution is 5.97. The summed E-state index contributed by atoms with van der Waals surface area (Å²) in [6.45, 7) is 6.09. The van der Waals surface area contributed by atoms with Crippen molar-refractivity contribution in [2.75, 3.05) is 13.1 Å². The van der Waals surface area contributed by atoms with Gasteiger partial charge in [0.25, 0.3) is 5.91 Å². The second-order valence-corrected chi connectivity index (χ2v) is 6.29. The molecule has 1 aromatic carbocycles. The topological polar surface area (TPSA) is 96.0 Å². The average Bonchev–Trinajstić information content (AvgIpc) is 2.57. The molecule has 1 amide bonds. The molecule has 0 bridgehead atoms. The van der Waals surface area contributed by atoms with E-state index in [1.54, 1.807) is 25.1 Å². The van der Waals surface area contributed by atoms with Crippen LogP contribution >= 0.6 is 12.4 Å². The zero-order valence-electron chi connectivity index (χ0n) is 14.3. The lowest BCUT2D eigenvalue weighted by Gasteiger charge is -2.30. The number of halogens is 1. The lowest BCUT2D eigenvalue weighted by Crippen LogP contribution is -2.48. The van der Waals surface area contributed by atoms with Gasteiger partial charge in [0.05, 0.1) is 11.0 Å². The van der Waals surface area contributed by atoms with E-state index in [4.69, 9.17) is 0 Å². The molecular formula is C17H23ClN4O3. The van der Waals surface area contributed by atoms with Gasteiger partial charge in [-0.3, -0.25) is 14.4 Å². The lowest BCUT2D eigenvalue weighted by atomic mass is 9.95. The molecule has 7 nitrogen and oxygen atoms in total. The number of aryl methyl sites for hydroxylation is 1. The number of carbonyl (C=O) groups is 1. The smallest absolute Gasteiger partial charge is 0.316 e. The highest BCUT2D eigenvalue weighted by Crippen LogP contribution is 2.14. The molecule has 2 atom stereocenters. The van der Waals surface area contributed by atoms with E-state index >= 15 is 0 Å². The van der Waals surface area contributed by atoms with Crippen molar-refractivity contribution in [2.24, 2.45) is 5.92 Å². The van der Waals surface area contributed by atoms with Gasteiger partial charge in [0, 0.05) is 18.2 Å². The number of rotatable bonds is 3. The Balaban J connectivity index is 0.00000225. The first-order chi connectivity index (χ1) is 11.5. The van der Waals surface area contributed by atoms with Gasteiger partial charge < -0.3 is 20.2 Å². The summed E-state index contributed by atoms with van der Waals surface area (Å²) in [5, 5.41) is 6.37. The molecule has 25 heavy (non-hydrogen) atoms. The second kappa shape index (κ2) is 7.84. The van der Waals surface area contributed by atoms with Crippen molar-refractivity contribution in [3.8, 4) is 0 Å². The summed E-state index contributed by atoms with van der Waals surface area (Å²) in [4.78, 5) is 38.7. The Kier molecular flexibility index (Phi) is 6.02. The lowest BCUT2D eigenvalue weighted by molar-refractivity contribution is 0.0914. The first-order valence-electron chi connectivity index (χ1n) is 8.29. The number of hydrogen-bond acceptors (Lipinski definition) is 4. The Morgan fingerprint density at radius 1 is 1.36 bits per heavy atom. The molecule has 3 N–H and O–H groups in total.